The number of benzene rings is 1. The molecule has 0 amide bonds. The Morgan fingerprint density at radius 3 is 2.46 bits per heavy atom. The predicted molar refractivity (Wildman–Crippen MR) is 163 cm³/mol. The van der Waals surface area contributed by atoms with Crippen LogP contribution in [-0.4, -0.2) is 7.05 Å². The van der Waals surface area contributed by atoms with Gasteiger partial charge in [0, 0.05) is 18.3 Å². The average Bonchev–Trinajstić information content (AvgIpc) is 2.98. The Morgan fingerprint density at radius 1 is 1.14 bits per heavy atom. The average molecular weight is 500 g/mol. The number of aryl methyl sites for hydroxylation is 1. The van der Waals surface area contributed by atoms with E-state index < -0.39 is 0 Å². The second-order valence-corrected chi connectivity index (χ2v) is 14.1. The minimum absolute atomic E-state index is 0.0483. The molecule has 0 heterocycles. The molecule has 1 fully saturated rings. The SMILES string of the molecule is C=C1C(C(C)(C)C)=CC=CC(c2cc(C)c3c(c2CC2CCC(C)(C)C2C)CCC(CCC)C3)=C1NC. The summed E-state index contributed by atoms with van der Waals surface area (Å²) in [6.45, 7) is 23.7. The van der Waals surface area contributed by atoms with Crippen LogP contribution in [0.3, 0.4) is 0 Å². The molecule has 3 aliphatic rings. The first-order valence-electron chi connectivity index (χ1n) is 15.0. The van der Waals surface area contributed by atoms with E-state index in [-0.39, 0.29) is 5.41 Å². The molecule has 0 aromatic heterocycles. The summed E-state index contributed by atoms with van der Waals surface area (Å²) < 4.78 is 0. The normalized spacial score (nSPS) is 25.7. The monoisotopic (exact) mass is 499 g/mol. The van der Waals surface area contributed by atoms with Crippen LogP contribution in [0.5, 0.6) is 0 Å². The Kier molecular flexibility index (Phi) is 8.04. The molecule has 1 saturated carbocycles. The minimum atomic E-state index is 0.0483. The van der Waals surface area contributed by atoms with Crippen molar-refractivity contribution in [1.29, 1.82) is 0 Å². The maximum absolute atomic E-state index is 4.63. The van der Waals surface area contributed by atoms with Gasteiger partial charge >= 0.3 is 0 Å². The van der Waals surface area contributed by atoms with Crippen LogP contribution < -0.4 is 5.32 Å². The molecule has 1 aromatic carbocycles. The van der Waals surface area contributed by atoms with Crippen LogP contribution in [0.15, 0.2) is 47.7 Å². The molecule has 0 spiro atoms. The van der Waals surface area contributed by atoms with Gasteiger partial charge in [0.25, 0.3) is 0 Å². The van der Waals surface area contributed by atoms with E-state index in [0.29, 0.717) is 5.41 Å². The van der Waals surface area contributed by atoms with Crippen molar-refractivity contribution in [3.05, 3.63) is 75.5 Å². The van der Waals surface area contributed by atoms with E-state index in [4.69, 9.17) is 0 Å². The fourth-order valence-corrected chi connectivity index (χ4v) is 7.58. The van der Waals surface area contributed by atoms with E-state index in [1.165, 1.54) is 79.3 Å². The highest BCUT2D eigenvalue weighted by Gasteiger charge is 2.39. The van der Waals surface area contributed by atoms with Gasteiger partial charge in [-0.3, -0.25) is 0 Å². The molecule has 0 saturated heterocycles. The van der Waals surface area contributed by atoms with Crippen molar-refractivity contribution < 1.29 is 0 Å². The molecule has 3 unspecified atom stereocenters. The van der Waals surface area contributed by atoms with Gasteiger partial charge in [-0.2, -0.15) is 0 Å². The number of rotatable bonds is 6. The maximum atomic E-state index is 4.63. The van der Waals surface area contributed by atoms with Crippen molar-refractivity contribution in [2.45, 2.75) is 107 Å². The third-order valence-electron chi connectivity index (χ3n) is 10.2. The molecule has 1 heteroatoms. The fourth-order valence-electron chi connectivity index (χ4n) is 7.58. The molecule has 1 N–H and O–H groups in total. The number of allylic oxidation sites excluding steroid dienone is 5. The van der Waals surface area contributed by atoms with Crippen LogP contribution in [0.4, 0.5) is 0 Å². The summed E-state index contributed by atoms with van der Waals surface area (Å²) in [6.07, 6.45) is 17.3. The van der Waals surface area contributed by atoms with E-state index in [9.17, 15) is 0 Å². The van der Waals surface area contributed by atoms with Crippen LogP contribution in [0.25, 0.3) is 5.57 Å². The summed E-state index contributed by atoms with van der Waals surface area (Å²) in [7, 11) is 2.07. The van der Waals surface area contributed by atoms with E-state index in [1.54, 1.807) is 16.7 Å². The Morgan fingerprint density at radius 2 is 1.86 bits per heavy atom. The number of hydrogen-bond donors (Lipinski definition) is 1. The van der Waals surface area contributed by atoms with E-state index in [2.05, 4.69) is 98.6 Å². The molecule has 0 bridgehead atoms. The van der Waals surface area contributed by atoms with Crippen molar-refractivity contribution in [2.24, 2.45) is 28.6 Å². The van der Waals surface area contributed by atoms with Gasteiger partial charge in [-0.1, -0.05) is 92.2 Å². The summed E-state index contributed by atoms with van der Waals surface area (Å²) in [4.78, 5) is 0. The van der Waals surface area contributed by atoms with Gasteiger partial charge in [0.1, 0.15) is 0 Å². The van der Waals surface area contributed by atoms with Gasteiger partial charge in [0.2, 0.25) is 0 Å². The molecule has 4 rings (SSSR count). The molecule has 202 valence electrons. The zero-order valence-corrected chi connectivity index (χ0v) is 25.4. The zero-order chi connectivity index (χ0) is 27.1. The first kappa shape index (κ1) is 28.0. The van der Waals surface area contributed by atoms with Crippen molar-refractivity contribution in [2.75, 3.05) is 7.05 Å². The number of nitrogens with one attached hydrogen (secondary N) is 1. The van der Waals surface area contributed by atoms with Crippen molar-refractivity contribution in [3.63, 3.8) is 0 Å². The zero-order valence-electron chi connectivity index (χ0n) is 25.4. The summed E-state index contributed by atoms with van der Waals surface area (Å²) in [5.74, 6) is 2.36. The Hall–Kier alpha value is -2.02. The molecule has 3 atom stereocenters. The summed E-state index contributed by atoms with van der Waals surface area (Å²) in [5, 5.41) is 3.60. The van der Waals surface area contributed by atoms with E-state index in [0.717, 1.165) is 23.3 Å². The predicted octanol–water partition coefficient (Wildman–Crippen LogP) is 9.54. The van der Waals surface area contributed by atoms with Gasteiger partial charge in [0.05, 0.1) is 0 Å². The van der Waals surface area contributed by atoms with Crippen molar-refractivity contribution >= 4 is 5.57 Å². The lowest BCUT2D eigenvalue weighted by Crippen LogP contribution is -2.23. The molecule has 1 aromatic rings. The highest BCUT2D eigenvalue weighted by molar-refractivity contribution is 5.84. The van der Waals surface area contributed by atoms with Crippen molar-refractivity contribution in [3.8, 4) is 0 Å². The molecule has 37 heavy (non-hydrogen) atoms. The Balaban J connectivity index is 1.88. The van der Waals surface area contributed by atoms with Gasteiger partial charge in [0.15, 0.2) is 0 Å². The van der Waals surface area contributed by atoms with Crippen LogP contribution in [0, 0.1) is 35.5 Å². The largest absolute Gasteiger partial charge is 0.387 e. The molecule has 3 aliphatic carbocycles. The molecule has 0 radical (unpaired) electrons. The molecule has 0 aliphatic heterocycles. The fraction of sp³-hybridized carbons (Fsp3) is 0.611. The minimum Gasteiger partial charge on any atom is -0.387 e. The molecular weight excluding hydrogens is 446 g/mol. The number of hydrogen-bond acceptors (Lipinski definition) is 1. The number of fused-ring (bicyclic) bond motifs is 1. The third-order valence-corrected chi connectivity index (χ3v) is 10.2. The highest BCUT2D eigenvalue weighted by Crippen LogP contribution is 2.49. The lowest BCUT2D eigenvalue weighted by Gasteiger charge is -2.33. The maximum Gasteiger partial charge on any atom is 0.0487 e. The first-order valence-corrected chi connectivity index (χ1v) is 15.0. The van der Waals surface area contributed by atoms with Crippen LogP contribution >= 0.6 is 0 Å². The smallest absolute Gasteiger partial charge is 0.0487 e. The summed E-state index contributed by atoms with van der Waals surface area (Å²) >= 11 is 0. The molecular formula is C36H53N. The second-order valence-electron chi connectivity index (χ2n) is 14.1. The lowest BCUT2D eigenvalue weighted by molar-refractivity contribution is 0.238. The quantitative estimate of drug-likeness (QED) is 0.411. The Bertz CT molecular complexity index is 1130. The van der Waals surface area contributed by atoms with Gasteiger partial charge in [-0.25, -0.2) is 0 Å². The molecule has 1 nitrogen and oxygen atoms in total. The van der Waals surface area contributed by atoms with Gasteiger partial charge in [-0.15, -0.1) is 0 Å². The van der Waals surface area contributed by atoms with Crippen LogP contribution in [0.2, 0.25) is 0 Å². The standard InChI is InChI=1S/C36H53N/c1-11-13-26-16-17-28-30(21-26)23(2)20-31(32(28)22-27-18-19-36(8,9)25(27)4)29-14-12-15-33(35(5,6)7)24(3)34(29)37-10/h12,14-15,20,25-27,37H,3,11,13,16-19,21-22H2,1-2,4-10H3. The van der Waals surface area contributed by atoms with E-state index >= 15 is 0 Å². The first-order chi connectivity index (χ1) is 17.4. The second kappa shape index (κ2) is 10.6. The Labute approximate surface area is 228 Å². The van der Waals surface area contributed by atoms with Crippen molar-refractivity contribution in [1.82, 2.24) is 5.32 Å². The topological polar surface area (TPSA) is 12.0 Å². The van der Waals surface area contributed by atoms with Crippen LogP contribution in [-0.2, 0) is 19.3 Å². The summed E-state index contributed by atoms with van der Waals surface area (Å²) in [6, 6.07) is 2.54. The number of likely N-dealkylation sites (N-methyl/N-ethyl adjacent to an activating group) is 1. The van der Waals surface area contributed by atoms with Gasteiger partial charge < -0.3 is 5.32 Å². The lowest BCUT2D eigenvalue weighted by atomic mass is 9.72. The van der Waals surface area contributed by atoms with E-state index in [1.807, 2.05) is 0 Å². The summed E-state index contributed by atoms with van der Waals surface area (Å²) in [5.41, 5.74) is 13.4. The van der Waals surface area contributed by atoms with Gasteiger partial charge in [-0.05, 0) is 113 Å². The highest BCUT2D eigenvalue weighted by atomic mass is 14.8. The third kappa shape index (κ3) is 5.43. The van der Waals surface area contributed by atoms with Crippen LogP contribution in [0.1, 0.15) is 108 Å².